The van der Waals surface area contributed by atoms with E-state index in [1.165, 1.54) is 34.9 Å². The van der Waals surface area contributed by atoms with Gasteiger partial charge >= 0.3 is 27.7 Å². The topological polar surface area (TPSA) is 57.2 Å². The van der Waals surface area contributed by atoms with Gasteiger partial charge < -0.3 is 4.55 Å². The van der Waals surface area contributed by atoms with Crippen LogP contribution in [-0.2, 0) is 37.8 Å². The molecule has 3 aromatic rings. The van der Waals surface area contributed by atoms with Crippen LogP contribution in [0, 0.1) is 0 Å². The molecule has 6 heteroatoms. The first-order chi connectivity index (χ1) is 11.1. The minimum Gasteiger partial charge on any atom is -0.744 e. The zero-order valence-electron chi connectivity index (χ0n) is 13.0. The predicted octanol–water partition coefficient (Wildman–Crippen LogP) is 2.90. The van der Waals surface area contributed by atoms with E-state index >= 15 is 0 Å². The van der Waals surface area contributed by atoms with Crippen molar-refractivity contribution in [1.29, 1.82) is 0 Å². The van der Waals surface area contributed by atoms with E-state index in [1.807, 2.05) is 0 Å². The SMILES string of the molecule is O=S(=O)([O-])c1ccccc1.[Hg+].c1ccc(Pc2ccccc2)cc1. The van der Waals surface area contributed by atoms with Crippen LogP contribution in [0.1, 0.15) is 0 Å². The summed E-state index contributed by atoms with van der Waals surface area (Å²) in [5.41, 5.74) is 0. The molecule has 0 aromatic heterocycles. The van der Waals surface area contributed by atoms with E-state index in [4.69, 9.17) is 0 Å². The third kappa shape index (κ3) is 7.67. The van der Waals surface area contributed by atoms with E-state index in [0.717, 1.165) is 8.58 Å². The van der Waals surface area contributed by atoms with Crippen LogP contribution in [0.5, 0.6) is 0 Å². The van der Waals surface area contributed by atoms with E-state index in [0.29, 0.717) is 0 Å². The summed E-state index contributed by atoms with van der Waals surface area (Å²) in [5, 5.41) is 2.79. The first-order valence-corrected chi connectivity index (χ1v) is 9.34. The van der Waals surface area contributed by atoms with Crippen LogP contribution in [0.25, 0.3) is 0 Å². The Kier molecular flexibility index (Phi) is 9.38. The van der Waals surface area contributed by atoms with E-state index in [9.17, 15) is 13.0 Å². The predicted molar refractivity (Wildman–Crippen MR) is 94.9 cm³/mol. The molecular formula is C18H16HgO3PS. The molecule has 0 aliphatic heterocycles. The Bertz CT molecular complexity index is 773. The molecule has 0 spiro atoms. The summed E-state index contributed by atoms with van der Waals surface area (Å²) in [6.45, 7) is 0. The monoisotopic (exact) mass is 545 g/mol. The molecule has 1 radical (unpaired) electrons. The van der Waals surface area contributed by atoms with Gasteiger partial charge in [0.15, 0.2) is 0 Å². The van der Waals surface area contributed by atoms with Crippen LogP contribution in [-0.4, -0.2) is 13.0 Å². The van der Waals surface area contributed by atoms with E-state index in [2.05, 4.69) is 60.7 Å². The Labute approximate surface area is 165 Å². The minimum absolute atomic E-state index is 0. The van der Waals surface area contributed by atoms with Crippen molar-refractivity contribution in [2.24, 2.45) is 0 Å². The van der Waals surface area contributed by atoms with Gasteiger partial charge in [0.25, 0.3) is 0 Å². The standard InChI is InChI=1S/C12H11P.C6H6O3S.Hg/c1-3-7-11(8-4-1)13-12-9-5-2-6-10-12;7-10(8,9)6-4-2-1-3-5-6;/h1-10,13H;1-5H,(H,7,8,9);/q;;+1/p-1. The summed E-state index contributed by atoms with van der Waals surface area (Å²) in [6.07, 6.45) is 0. The molecule has 0 bridgehead atoms. The maximum absolute atomic E-state index is 10.3. The molecule has 3 aromatic carbocycles. The van der Waals surface area contributed by atoms with Crippen LogP contribution in [0.3, 0.4) is 0 Å². The van der Waals surface area contributed by atoms with Crippen molar-refractivity contribution < 1.29 is 40.6 Å². The number of rotatable bonds is 3. The van der Waals surface area contributed by atoms with Gasteiger partial charge in [-0.2, -0.15) is 0 Å². The molecular weight excluding hydrogens is 528 g/mol. The second kappa shape index (κ2) is 10.7. The van der Waals surface area contributed by atoms with Crippen LogP contribution in [0.4, 0.5) is 0 Å². The molecule has 0 saturated heterocycles. The van der Waals surface area contributed by atoms with E-state index in [1.54, 1.807) is 6.07 Å². The minimum atomic E-state index is -4.25. The molecule has 0 amide bonds. The molecule has 0 fully saturated rings. The van der Waals surface area contributed by atoms with Gasteiger partial charge in [-0.1, -0.05) is 87.4 Å². The zero-order chi connectivity index (χ0) is 16.5. The van der Waals surface area contributed by atoms with Gasteiger partial charge in [-0.25, -0.2) is 8.42 Å². The molecule has 3 rings (SSSR count). The summed E-state index contributed by atoms with van der Waals surface area (Å²) in [7, 11) is -3.48. The van der Waals surface area contributed by atoms with Gasteiger partial charge in [0.05, 0.1) is 4.90 Å². The molecule has 119 valence electrons. The second-order valence-electron chi connectivity index (χ2n) is 4.62. The maximum Gasteiger partial charge on any atom is 1.00 e. The third-order valence-corrected chi connectivity index (χ3v) is 4.96. The van der Waals surface area contributed by atoms with Gasteiger partial charge in [-0.15, -0.1) is 0 Å². The Hall–Kier alpha value is -1.06. The van der Waals surface area contributed by atoms with Crippen LogP contribution < -0.4 is 10.6 Å². The van der Waals surface area contributed by atoms with Gasteiger partial charge in [0.2, 0.25) is 0 Å². The largest absolute Gasteiger partial charge is 1.00 e. The molecule has 3 nitrogen and oxygen atoms in total. The average molecular weight is 544 g/mol. The Morgan fingerprint density at radius 3 is 1.25 bits per heavy atom. The second-order valence-corrected chi connectivity index (χ2v) is 7.41. The summed E-state index contributed by atoms with van der Waals surface area (Å²) in [4.78, 5) is -0.185. The summed E-state index contributed by atoms with van der Waals surface area (Å²) in [6, 6.07) is 28.3. The van der Waals surface area contributed by atoms with E-state index in [-0.39, 0.29) is 32.6 Å². The molecule has 24 heavy (non-hydrogen) atoms. The van der Waals surface area contributed by atoms with Crippen LogP contribution in [0.2, 0.25) is 0 Å². The van der Waals surface area contributed by atoms with Crippen LogP contribution in [0.15, 0.2) is 95.9 Å². The number of hydrogen-bond acceptors (Lipinski definition) is 3. The molecule has 0 unspecified atom stereocenters. The number of benzene rings is 3. The third-order valence-electron chi connectivity index (χ3n) is 2.87. The summed E-state index contributed by atoms with van der Waals surface area (Å²) >= 11 is 0. The average Bonchev–Trinajstić information content (AvgIpc) is 2.57. The maximum atomic E-state index is 10.3. The molecule has 0 N–H and O–H groups in total. The van der Waals surface area contributed by atoms with Gasteiger partial charge in [-0.3, -0.25) is 0 Å². The fourth-order valence-electron chi connectivity index (χ4n) is 1.80. The fraction of sp³-hybridized carbons (Fsp3) is 0. The fourth-order valence-corrected chi connectivity index (χ4v) is 3.34. The number of hydrogen-bond donors (Lipinski definition) is 0. The Balaban J connectivity index is 0.000000238. The summed E-state index contributed by atoms with van der Waals surface area (Å²) < 4.78 is 30.8. The Morgan fingerprint density at radius 1 is 0.625 bits per heavy atom. The molecule has 0 saturated carbocycles. The first kappa shape index (κ1) is 21.0. The summed E-state index contributed by atoms with van der Waals surface area (Å²) in [5.74, 6) is 0. The van der Waals surface area contributed by atoms with Crippen molar-refractivity contribution in [3.8, 4) is 0 Å². The van der Waals surface area contributed by atoms with Crippen molar-refractivity contribution in [3.63, 3.8) is 0 Å². The molecule has 0 aliphatic carbocycles. The van der Waals surface area contributed by atoms with Gasteiger partial charge in [0, 0.05) is 0 Å². The molecule has 0 heterocycles. The van der Waals surface area contributed by atoms with Gasteiger partial charge in [-0.05, 0) is 22.7 Å². The van der Waals surface area contributed by atoms with Crippen LogP contribution >= 0.6 is 8.58 Å². The molecule has 0 atom stereocenters. The zero-order valence-corrected chi connectivity index (χ0v) is 20.3. The van der Waals surface area contributed by atoms with Crippen molar-refractivity contribution in [1.82, 2.24) is 0 Å². The normalized spacial score (nSPS) is 10.0. The van der Waals surface area contributed by atoms with Crippen molar-refractivity contribution >= 4 is 29.3 Å². The molecule has 0 aliphatic rings. The Morgan fingerprint density at radius 2 is 0.958 bits per heavy atom. The van der Waals surface area contributed by atoms with Crippen molar-refractivity contribution in [2.45, 2.75) is 4.90 Å². The smallest absolute Gasteiger partial charge is 0.744 e. The van der Waals surface area contributed by atoms with Crippen molar-refractivity contribution in [3.05, 3.63) is 91.0 Å². The van der Waals surface area contributed by atoms with Crippen molar-refractivity contribution in [2.75, 3.05) is 0 Å². The quantitative estimate of drug-likeness (QED) is 0.290. The van der Waals surface area contributed by atoms with E-state index < -0.39 is 10.1 Å². The first-order valence-electron chi connectivity index (χ1n) is 6.94. The van der Waals surface area contributed by atoms with Gasteiger partial charge in [0.1, 0.15) is 10.1 Å².